The van der Waals surface area contributed by atoms with Gasteiger partial charge in [0.05, 0.1) is 0 Å². The van der Waals surface area contributed by atoms with Crippen LogP contribution in [-0.2, 0) is 0 Å². The topological polar surface area (TPSA) is 6.48 Å². The van der Waals surface area contributed by atoms with Gasteiger partial charge in [0.15, 0.2) is 0 Å². The molecule has 2 aliphatic heterocycles. The van der Waals surface area contributed by atoms with Crippen molar-refractivity contribution in [2.24, 2.45) is 5.41 Å². The van der Waals surface area contributed by atoms with Crippen LogP contribution in [-0.4, -0.2) is 39.6 Å². The van der Waals surface area contributed by atoms with Gasteiger partial charge in [-0.15, -0.1) is 0 Å². The summed E-state index contributed by atoms with van der Waals surface area (Å²) in [7, 11) is 0. The maximum atomic E-state index is 4.48. The number of hydrogen-bond donors (Lipinski definition) is 1. The summed E-state index contributed by atoms with van der Waals surface area (Å²) in [5, 5.41) is 0.438. The molecule has 0 N–H and O–H groups in total. The third-order valence-corrected chi connectivity index (χ3v) is 4.41. The Morgan fingerprint density at radius 2 is 1.85 bits per heavy atom. The second kappa shape index (κ2) is 3.87. The second-order valence-corrected chi connectivity index (χ2v) is 6.56. The zero-order valence-corrected chi connectivity index (χ0v) is 11.1. The van der Waals surface area contributed by atoms with Gasteiger partial charge in [-0.3, -0.25) is 4.90 Å². The molecule has 0 saturated carbocycles. The normalized spacial score (nSPS) is 31.6. The monoisotopic (exact) mass is 312 g/mol. The Kier molecular flexibility index (Phi) is 3.13. The van der Waals surface area contributed by atoms with Gasteiger partial charge in [-0.05, 0) is 38.3 Å². The van der Waals surface area contributed by atoms with E-state index < -0.39 is 0 Å². The van der Waals surface area contributed by atoms with Gasteiger partial charge in [-0.1, -0.05) is 0 Å². The van der Waals surface area contributed by atoms with Crippen molar-refractivity contribution in [1.82, 2.24) is 8.01 Å². The van der Waals surface area contributed by atoms with Gasteiger partial charge in [-0.25, -0.2) is 3.11 Å². The zero-order valence-electron chi connectivity index (χ0n) is 8.04. The molecule has 2 heterocycles. The molecule has 0 aromatic rings. The minimum Gasteiger partial charge on any atom is -0.292 e. The summed E-state index contributed by atoms with van der Waals surface area (Å²) in [6.45, 7) is 7.28. The Labute approximate surface area is 99.9 Å². The van der Waals surface area contributed by atoms with E-state index in [0.29, 0.717) is 10.8 Å². The summed E-state index contributed by atoms with van der Waals surface area (Å²) in [6.07, 6.45) is 2.74. The molecule has 76 valence electrons. The van der Waals surface area contributed by atoms with Crippen molar-refractivity contribution in [3.63, 3.8) is 0 Å². The van der Waals surface area contributed by atoms with Crippen LogP contribution < -0.4 is 0 Å². The first-order valence-corrected chi connectivity index (χ1v) is 6.42. The molecule has 2 fully saturated rings. The standard InChI is InChI=1S/C9H17IN2S/c1-8(13)11-4-2-9(3-5-11)6-12(10)7-9/h8,13H,2-7H2,1H3. The van der Waals surface area contributed by atoms with Crippen molar-refractivity contribution in [1.29, 1.82) is 0 Å². The first kappa shape index (κ1) is 10.5. The number of likely N-dealkylation sites (tertiary alicyclic amines) is 1. The molecular weight excluding hydrogens is 295 g/mol. The summed E-state index contributed by atoms with van der Waals surface area (Å²) >= 11 is 6.91. The van der Waals surface area contributed by atoms with Crippen LogP contribution in [0.25, 0.3) is 0 Å². The van der Waals surface area contributed by atoms with Crippen molar-refractivity contribution in [2.45, 2.75) is 25.1 Å². The van der Waals surface area contributed by atoms with Crippen molar-refractivity contribution in [3.05, 3.63) is 0 Å². The Balaban J connectivity index is 1.83. The summed E-state index contributed by atoms with van der Waals surface area (Å²) in [5.41, 5.74) is 0.681. The van der Waals surface area contributed by atoms with Crippen LogP contribution >= 0.6 is 35.5 Å². The number of halogens is 1. The first-order chi connectivity index (χ1) is 6.11. The molecule has 0 amide bonds. The van der Waals surface area contributed by atoms with E-state index in [1.165, 1.54) is 39.0 Å². The molecule has 4 heteroatoms. The lowest BCUT2D eigenvalue weighted by molar-refractivity contribution is 0.0142. The number of hydrogen-bond acceptors (Lipinski definition) is 3. The molecule has 2 rings (SSSR count). The molecule has 13 heavy (non-hydrogen) atoms. The van der Waals surface area contributed by atoms with E-state index in [0.717, 1.165) is 0 Å². The maximum Gasteiger partial charge on any atom is 0.0499 e. The molecule has 0 radical (unpaired) electrons. The zero-order chi connectivity index (χ0) is 9.47. The van der Waals surface area contributed by atoms with E-state index in [9.17, 15) is 0 Å². The average molecular weight is 312 g/mol. The Hall–Kier alpha value is 1.00. The van der Waals surface area contributed by atoms with Crippen molar-refractivity contribution < 1.29 is 0 Å². The van der Waals surface area contributed by atoms with Gasteiger partial charge in [0.25, 0.3) is 0 Å². The molecule has 1 atom stereocenters. The first-order valence-electron chi connectivity index (χ1n) is 4.94. The van der Waals surface area contributed by atoms with Crippen LogP contribution in [0.5, 0.6) is 0 Å². The summed E-state index contributed by atoms with van der Waals surface area (Å²) in [6, 6.07) is 0. The van der Waals surface area contributed by atoms with Crippen LogP contribution in [0.3, 0.4) is 0 Å². The van der Waals surface area contributed by atoms with E-state index in [1.54, 1.807) is 0 Å². The van der Waals surface area contributed by atoms with Gasteiger partial charge < -0.3 is 0 Å². The lowest BCUT2D eigenvalue weighted by Crippen LogP contribution is -2.57. The van der Waals surface area contributed by atoms with E-state index in [-0.39, 0.29) is 0 Å². The largest absolute Gasteiger partial charge is 0.292 e. The molecule has 0 aromatic carbocycles. The van der Waals surface area contributed by atoms with E-state index in [4.69, 9.17) is 0 Å². The smallest absolute Gasteiger partial charge is 0.0499 e. The highest BCUT2D eigenvalue weighted by atomic mass is 127. The second-order valence-electron chi connectivity index (χ2n) is 4.45. The Morgan fingerprint density at radius 3 is 2.23 bits per heavy atom. The average Bonchev–Trinajstić information content (AvgIpc) is 2.03. The fourth-order valence-corrected chi connectivity index (χ4v) is 4.05. The summed E-state index contributed by atoms with van der Waals surface area (Å²) in [4.78, 5) is 2.48. The number of thiol groups is 1. The molecule has 0 aromatic heterocycles. The van der Waals surface area contributed by atoms with Gasteiger partial charge in [0.2, 0.25) is 0 Å². The van der Waals surface area contributed by atoms with Crippen LogP contribution in [0.2, 0.25) is 0 Å². The lowest BCUT2D eigenvalue weighted by Gasteiger charge is -2.52. The lowest BCUT2D eigenvalue weighted by atomic mass is 9.73. The third-order valence-electron chi connectivity index (χ3n) is 3.40. The van der Waals surface area contributed by atoms with E-state index >= 15 is 0 Å². The predicted molar refractivity (Wildman–Crippen MR) is 67.3 cm³/mol. The van der Waals surface area contributed by atoms with Gasteiger partial charge in [0, 0.05) is 41.3 Å². The number of piperidine rings is 1. The minimum absolute atomic E-state index is 0.438. The van der Waals surface area contributed by atoms with Crippen molar-refractivity contribution in [3.8, 4) is 0 Å². The molecule has 1 unspecified atom stereocenters. The highest BCUT2D eigenvalue weighted by molar-refractivity contribution is 14.1. The Bertz CT molecular complexity index is 182. The molecule has 2 aliphatic rings. The minimum atomic E-state index is 0.438. The molecule has 2 saturated heterocycles. The van der Waals surface area contributed by atoms with E-state index in [1.807, 2.05) is 0 Å². The summed E-state index contributed by atoms with van der Waals surface area (Å²) < 4.78 is 2.40. The third kappa shape index (κ3) is 2.16. The highest BCUT2D eigenvalue weighted by Gasteiger charge is 2.44. The molecule has 0 bridgehead atoms. The maximum absolute atomic E-state index is 4.48. The van der Waals surface area contributed by atoms with Gasteiger partial charge >= 0.3 is 0 Å². The molecule has 1 spiro atoms. The van der Waals surface area contributed by atoms with Crippen molar-refractivity contribution in [2.75, 3.05) is 26.2 Å². The number of nitrogens with zero attached hydrogens (tertiary/aromatic N) is 2. The SMILES string of the molecule is CC(S)N1CCC2(CC1)CN(I)C2. The molecule has 0 aliphatic carbocycles. The van der Waals surface area contributed by atoms with E-state index in [2.05, 4.69) is 50.4 Å². The molecular formula is C9H17IN2S. The van der Waals surface area contributed by atoms with Crippen LogP contribution in [0.1, 0.15) is 19.8 Å². The molecule has 2 nitrogen and oxygen atoms in total. The quantitative estimate of drug-likeness (QED) is 0.449. The van der Waals surface area contributed by atoms with Crippen LogP contribution in [0, 0.1) is 5.41 Å². The predicted octanol–water partition coefficient (Wildman–Crippen LogP) is 2.01. The van der Waals surface area contributed by atoms with Crippen LogP contribution in [0.4, 0.5) is 0 Å². The van der Waals surface area contributed by atoms with Crippen molar-refractivity contribution >= 4 is 35.5 Å². The van der Waals surface area contributed by atoms with Crippen LogP contribution in [0.15, 0.2) is 0 Å². The fraction of sp³-hybridized carbons (Fsp3) is 1.00. The summed E-state index contributed by atoms with van der Waals surface area (Å²) in [5.74, 6) is 0. The fourth-order valence-electron chi connectivity index (χ4n) is 2.37. The number of rotatable bonds is 1. The Morgan fingerprint density at radius 1 is 1.31 bits per heavy atom. The highest BCUT2D eigenvalue weighted by Crippen LogP contribution is 2.42. The van der Waals surface area contributed by atoms with Gasteiger partial charge in [0.1, 0.15) is 0 Å². The van der Waals surface area contributed by atoms with Gasteiger partial charge in [-0.2, -0.15) is 12.6 Å².